The number of rotatable bonds is 54. The van der Waals surface area contributed by atoms with Gasteiger partial charge in [0.1, 0.15) is 18.8 Å². The normalized spacial score (nSPS) is 18.3. The Bertz CT molecular complexity index is 1650. The fourth-order valence-electron chi connectivity index (χ4n) is 9.29. The van der Waals surface area contributed by atoms with Gasteiger partial charge in [0.05, 0.1) is 6.61 Å². The maximum Gasteiger partial charge on any atom is 0.335 e. The number of hydrogen-bond acceptors (Lipinski definition) is 11. The quantitative estimate of drug-likeness (QED) is 0.0228. The van der Waals surface area contributed by atoms with Crippen molar-refractivity contribution in [1.29, 1.82) is 0 Å². The first-order chi connectivity index (χ1) is 38.6. The fourth-order valence-corrected chi connectivity index (χ4v) is 9.29. The van der Waals surface area contributed by atoms with Crippen LogP contribution in [-0.2, 0) is 42.9 Å². The summed E-state index contributed by atoms with van der Waals surface area (Å²) in [5.41, 5.74) is 0. The SMILES string of the molecule is CCC/C=C\C/C=C\CCCCCCCC(=O)OC(COC(=O)CCCCCCCCC/C=C\CCCCCCCC)COC1OC(C(=O)O)C(O)C(O)C1OC(=O)CCCCCCCC/C=C\C/C=C\C/C=C\CCCCC. The summed E-state index contributed by atoms with van der Waals surface area (Å²) in [6.45, 7) is 5.90. The van der Waals surface area contributed by atoms with Crippen LogP contribution in [0.25, 0.3) is 0 Å². The molecule has 0 saturated carbocycles. The number of carbonyl (C=O) groups excluding carboxylic acids is 3. The zero-order valence-electron chi connectivity index (χ0n) is 50.1. The Morgan fingerprint density at radius 3 is 1.24 bits per heavy atom. The molecule has 1 fully saturated rings. The van der Waals surface area contributed by atoms with Gasteiger partial charge in [-0.15, -0.1) is 0 Å². The van der Waals surface area contributed by atoms with E-state index in [1.54, 1.807) is 0 Å². The van der Waals surface area contributed by atoms with E-state index in [1.807, 2.05) is 0 Å². The van der Waals surface area contributed by atoms with Crippen LogP contribution in [0.2, 0.25) is 0 Å². The first kappa shape index (κ1) is 73.2. The van der Waals surface area contributed by atoms with Gasteiger partial charge in [0.15, 0.2) is 24.6 Å². The molecule has 0 radical (unpaired) electrons. The van der Waals surface area contributed by atoms with Crippen LogP contribution in [0.5, 0.6) is 0 Å². The lowest BCUT2D eigenvalue weighted by atomic mass is 9.98. The molecule has 0 amide bonds. The Labute approximate surface area is 480 Å². The summed E-state index contributed by atoms with van der Waals surface area (Å²) in [5, 5.41) is 31.6. The van der Waals surface area contributed by atoms with Gasteiger partial charge in [-0.3, -0.25) is 14.4 Å². The monoisotopic (exact) mass is 1110 g/mol. The summed E-state index contributed by atoms with van der Waals surface area (Å²) < 4.78 is 28.5. The molecule has 1 aliphatic rings. The van der Waals surface area contributed by atoms with Gasteiger partial charge in [0.25, 0.3) is 0 Å². The number of carboxylic acids is 1. The van der Waals surface area contributed by atoms with Gasteiger partial charge >= 0.3 is 23.9 Å². The third-order valence-electron chi connectivity index (χ3n) is 14.2. The van der Waals surface area contributed by atoms with E-state index in [0.29, 0.717) is 19.3 Å². The number of unbranched alkanes of at least 4 members (excludes halogenated alkanes) is 28. The summed E-state index contributed by atoms with van der Waals surface area (Å²) in [7, 11) is 0. The van der Waals surface area contributed by atoms with Crippen molar-refractivity contribution in [3.05, 3.63) is 72.9 Å². The maximum atomic E-state index is 13.2. The predicted octanol–water partition coefficient (Wildman–Crippen LogP) is 16.9. The first-order valence-corrected chi connectivity index (χ1v) is 31.9. The van der Waals surface area contributed by atoms with Crippen molar-refractivity contribution >= 4 is 23.9 Å². The minimum atomic E-state index is -1.91. The number of aliphatic hydroxyl groups is 2. The summed E-state index contributed by atoms with van der Waals surface area (Å²) in [6, 6.07) is 0. The number of carboxylic acid groups (broad SMARTS) is 1. The molecule has 1 saturated heterocycles. The molecule has 12 nitrogen and oxygen atoms in total. The Morgan fingerprint density at radius 2 is 0.785 bits per heavy atom. The van der Waals surface area contributed by atoms with Crippen LogP contribution in [0.15, 0.2) is 72.9 Å². The third-order valence-corrected chi connectivity index (χ3v) is 14.2. The zero-order valence-corrected chi connectivity index (χ0v) is 50.1. The molecule has 0 aromatic carbocycles. The highest BCUT2D eigenvalue weighted by Gasteiger charge is 2.50. The minimum Gasteiger partial charge on any atom is -0.479 e. The van der Waals surface area contributed by atoms with Crippen LogP contribution in [0.1, 0.15) is 278 Å². The second-order valence-corrected chi connectivity index (χ2v) is 21.7. The number of carbonyl (C=O) groups is 4. The average Bonchev–Trinajstić information content (AvgIpc) is 3.43. The standard InChI is InChI=1S/C67H114O12/c1-4-7-10-13-16-19-22-25-27-29-30-32-34-37-40-43-46-49-52-55-61(70)78-65-63(72)62(71)64(66(73)74)79-67(65)76-57-58(77-60(69)54-51-48-45-42-39-35-24-21-18-15-12-9-6-3)56-75-59(68)53-50-47-44-41-38-36-33-31-28-26-23-20-17-14-11-8-5-2/h12,15-16,19,21,24-28,30,32,58,62-65,67,71-72H,4-11,13-14,17-18,20,22-23,29,31,33-57H2,1-3H3,(H,73,74)/b15-12-,19-16-,24-21-,27-25-,28-26-,32-30-. The molecule has 0 spiro atoms. The zero-order chi connectivity index (χ0) is 57.5. The molecule has 1 heterocycles. The van der Waals surface area contributed by atoms with Crippen LogP contribution in [0.4, 0.5) is 0 Å². The van der Waals surface area contributed by atoms with Crippen molar-refractivity contribution in [3.8, 4) is 0 Å². The fraction of sp³-hybridized carbons (Fsp3) is 0.761. The molecule has 0 aromatic rings. The van der Waals surface area contributed by atoms with Gasteiger partial charge in [-0.1, -0.05) is 222 Å². The van der Waals surface area contributed by atoms with E-state index in [0.717, 1.165) is 128 Å². The second kappa shape index (κ2) is 54.7. The molecule has 1 aliphatic heterocycles. The van der Waals surface area contributed by atoms with E-state index in [4.69, 9.17) is 23.7 Å². The molecule has 3 N–H and O–H groups in total. The summed E-state index contributed by atoms with van der Waals surface area (Å²) in [4.78, 5) is 51.3. The van der Waals surface area contributed by atoms with E-state index in [1.165, 1.54) is 89.9 Å². The lowest BCUT2D eigenvalue weighted by molar-refractivity contribution is -0.301. The first-order valence-electron chi connectivity index (χ1n) is 31.9. The Kier molecular flexibility index (Phi) is 50.7. The largest absolute Gasteiger partial charge is 0.479 e. The second-order valence-electron chi connectivity index (χ2n) is 21.7. The van der Waals surface area contributed by atoms with E-state index >= 15 is 0 Å². The van der Waals surface area contributed by atoms with E-state index < -0.39 is 67.3 Å². The average molecular weight is 1110 g/mol. The van der Waals surface area contributed by atoms with Crippen molar-refractivity contribution in [2.24, 2.45) is 0 Å². The number of hydrogen-bond donors (Lipinski definition) is 3. The Balaban J connectivity index is 2.66. The summed E-state index contributed by atoms with van der Waals surface area (Å²) >= 11 is 0. The van der Waals surface area contributed by atoms with Gasteiger partial charge in [-0.25, -0.2) is 4.79 Å². The van der Waals surface area contributed by atoms with Crippen LogP contribution in [-0.4, -0.2) is 89.2 Å². The van der Waals surface area contributed by atoms with Crippen molar-refractivity contribution in [1.82, 2.24) is 0 Å². The molecule has 0 aromatic heterocycles. The topological polar surface area (TPSA) is 175 Å². The third kappa shape index (κ3) is 44.5. The highest BCUT2D eigenvalue weighted by Crippen LogP contribution is 2.26. The molecule has 6 atom stereocenters. The predicted molar refractivity (Wildman–Crippen MR) is 322 cm³/mol. The molecule has 0 bridgehead atoms. The Hall–Kier alpha value is -3.84. The lowest BCUT2D eigenvalue weighted by Gasteiger charge is -2.40. The highest BCUT2D eigenvalue weighted by molar-refractivity contribution is 5.74. The minimum absolute atomic E-state index is 0.0425. The summed E-state index contributed by atoms with van der Waals surface area (Å²) in [5.74, 6) is -3.15. The lowest BCUT2D eigenvalue weighted by Crippen LogP contribution is -2.61. The van der Waals surface area contributed by atoms with Crippen molar-refractivity contribution in [2.45, 2.75) is 314 Å². The smallest absolute Gasteiger partial charge is 0.335 e. The molecule has 1 rings (SSSR count). The molecule has 6 unspecified atom stereocenters. The van der Waals surface area contributed by atoms with Crippen LogP contribution in [0, 0.1) is 0 Å². The molecule has 79 heavy (non-hydrogen) atoms. The van der Waals surface area contributed by atoms with Crippen molar-refractivity contribution in [2.75, 3.05) is 13.2 Å². The number of aliphatic hydroxyl groups excluding tert-OH is 2. The van der Waals surface area contributed by atoms with E-state index in [9.17, 15) is 34.5 Å². The molecule has 454 valence electrons. The number of esters is 3. The number of ether oxygens (including phenoxy) is 5. The number of aliphatic carboxylic acids is 1. The van der Waals surface area contributed by atoms with Crippen molar-refractivity contribution < 1.29 is 58.2 Å². The molecule has 12 heteroatoms. The van der Waals surface area contributed by atoms with E-state index in [2.05, 4.69) is 93.7 Å². The molecule has 0 aliphatic carbocycles. The van der Waals surface area contributed by atoms with Crippen LogP contribution < -0.4 is 0 Å². The maximum absolute atomic E-state index is 13.2. The van der Waals surface area contributed by atoms with Gasteiger partial charge in [-0.05, 0) is 109 Å². The van der Waals surface area contributed by atoms with Gasteiger partial charge < -0.3 is 39.0 Å². The van der Waals surface area contributed by atoms with Gasteiger partial charge in [0, 0.05) is 19.3 Å². The van der Waals surface area contributed by atoms with Gasteiger partial charge in [0.2, 0.25) is 0 Å². The molecular formula is C67H114O12. The summed E-state index contributed by atoms with van der Waals surface area (Å²) in [6.07, 6.45) is 57.1. The number of allylic oxidation sites excluding steroid dienone is 12. The highest BCUT2D eigenvalue weighted by atomic mass is 16.7. The van der Waals surface area contributed by atoms with Gasteiger partial charge in [-0.2, -0.15) is 0 Å². The molecular weight excluding hydrogens is 997 g/mol. The van der Waals surface area contributed by atoms with E-state index in [-0.39, 0.29) is 25.9 Å². The Morgan fingerprint density at radius 1 is 0.418 bits per heavy atom. The van der Waals surface area contributed by atoms with Crippen LogP contribution >= 0.6 is 0 Å². The van der Waals surface area contributed by atoms with Crippen LogP contribution in [0.3, 0.4) is 0 Å². The van der Waals surface area contributed by atoms with Crippen molar-refractivity contribution in [3.63, 3.8) is 0 Å².